The van der Waals surface area contributed by atoms with Crippen molar-refractivity contribution in [3.8, 4) is 11.3 Å². The number of nitrogens with zero attached hydrogens (tertiary/aromatic N) is 1. The van der Waals surface area contributed by atoms with Crippen LogP contribution in [-0.4, -0.2) is 23.8 Å². The topological polar surface area (TPSA) is 39.2 Å². The zero-order valence-electron chi connectivity index (χ0n) is 10.00. The van der Waals surface area contributed by atoms with E-state index in [9.17, 15) is 4.79 Å². The highest BCUT2D eigenvalue weighted by atomic mass is 32.2. The molecule has 0 atom stereocenters. The normalized spacial score (nSPS) is 10.1. The van der Waals surface area contributed by atoms with Gasteiger partial charge in [0.2, 0.25) is 0 Å². The van der Waals surface area contributed by atoms with E-state index in [1.165, 1.54) is 18.9 Å². The first kappa shape index (κ1) is 12.6. The van der Waals surface area contributed by atoms with Crippen LogP contribution in [-0.2, 0) is 9.53 Å². The lowest BCUT2D eigenvalue weighted by Gasteiger charge is -2.04. The Labute approximate surface area is 110 Å². The van der Waals surface area contributed by atoms with Crippen molar-refractivity contribution in [1.29, 1.82) is 0 Å². The van der Waals surface area contributed by atoms with Crippen LogP contribution in [0.15, 0.2) is 53.6 Å². The van der Waals surface area contributed by atoms with Crippen LogP contribution >= 0.6 is 11.8 Å². The molecule has 0 saturated carbocycles. The first-order valence-corrected chi connectivity index (χ1v) is 6.49. The van der Waals surface area contributed by atoms with Gasteiger partial charge < -0.3 is 4.74 Å². The van der Waals surface area contributed by atoms with E-state index in [0.29, 0.717) is 5.75 Å². The molecule has 0 amide bonds. The highest BCUT2D eigenvalue weighted by molar-refractivity contribution is 8.00. The third kappa shape index (κ3) is 3.34. The highest BCUT2D eigenvalue weighted by Crippen LogP contribution is 2.23. The van der Waals surface area contributed by atoms with Gasteiger partial charge in [0.25, 0.3) is 0 Å². The maximum Gasteiger partial charge on any atom is 0.315 e. The zero-order chi connectivity index (χ0) is 12.8. The second kappa shape index (κ2) is 6.21. The van der Waals surface area contributed by atoms with Crippen LogP contribution in [0.5, 0.6) is 0 Å². The molecule has 0 saturated heterocycles. The van der Waals surface area contributed by atoms with Gasteiger partial charge in [-0.2, -0.15) is 0 Å². The number of esters is 1. The van der Waals surface area contributed by atoms with Gasteiger partial charge in [-0.05, 0) is 12.1 Å². The van der Waals surface area contributed by atoms with E-state index >= 15 is 0 Å². The Kier molecular flexibility index (Phi) is 4.36. The van der Waals surface area contributed by atoms with Crippen molar-refractivity contribution in [3.63, 3.8) is 0 Å². The molecule has 0 unspecified atom stereocenters. The summed E-state index contributed by atoms with van der Waals surface area (Å²) in [6.07, 6.45) is 1.75. The van der Waals surface area contributed by atoms with Gasteiger partial charge in [0.15, 0.2) is 0 Å². The molecular formula is C14H13NO2S. The Morgan fingerprint density at radius 3 is 2.78 bits per heavy atom. The summed E-state index contributed by atoms with van der Waals surface area (Å²) in [6.45, 7) is 0. The molecule has 0 aliphatic carbocycles. The summed E-state index contributed by atoms with van der Waals surface area (Å²) in [6, 6.07) is 13.8. The molecule has 0 bridgehead atoms. The van der Waals surface area contributed by atoms with E-state index in [1.54, 1.807) is 6.20 Å². The lowest BCUT2D eigenvalue weighted by Crippen LogP contribution is -2.02. The molecule has 0 fully saturated rings. The summed E-state index contributed by atoms with van der Waals surface area (Å²) in [4.78, 5) is 16.4. The molecule has 1 aromatic carbocycles. The first-order valence-electron chi connectivity index (χ1n) is 5.50. The number of aromatic nitrogens is 1. The number of carbonyl (C=O) groups excluding carboxylic acids is 1. The fourth-order valence-corrected chi connectivity index (χ4v) is 2.22. The van der Waals surface area contributed by atoms with E-state index < -0.39 is 0 Å². The van der Waals surface area contributed by atoms with E-state index in [1.807, 2.05) is 42.5 Å². The standard InChI is InChI=1S/C14H13NO2S/c1-17-14(16)10-18-12-7-8-15-13(9-12)11-5-3-2-4-6-11/h2-9H,10H2,1H3. The molecule has 1 aromatic heterocycles. The molecule has 3 nitrogen and oxygen atoms in total. The second-order valence-corrected chi connectivity index (χ2v) is 4.66. The minimum Gasteiger partial charge on any atom is -0.468 e. The van der Waals surface area contributed by atoms with Crippen molar-refractivity contribution >= 4 is 17.7 Å². The molecule has 0 spiro atoms. The molecular weight excluding hydrogens is 246 g/mol. The van der Waals surface area contributed by atoms with Crippen LogP contribution < -0.4 is 0 Å². The average Bonchev–Trinajstić information content (AvgIpc) is 2.46. The van der Waals surface area contributed by atoms with Crippen LogP contribution in [0.2, 0.25) is 0 Å². The lowest BCUT2D eigenvalue weighted by atomic mass is 10.1. The molecule has 2 rings (SSSR count). The van der Waals surface area contributed by atoms with Crippen molar-refractivity contribution in [2.45, 2.75) is 4.90 Å². The fourth-order valence-electron chi connectivity index (χ4n) is 1.47. The fraction of sp³-hybridized carbons (Fsp3) is 0.143. The van der Waals surface area contributed by atoms with Gasteiger partial charge in [-0.1, -0.05) is 30.3 Å². The number of hydrogen-bond donors (Lipinski definition) is 0. The molecule has 2 aromatic rings. The molecule has 92 valence electrons. The molecule has 0 aliphatic rings. The summed E-state index contributed by atoms with van der Waals surface area (Å²) < 4.78 is 4.61. The maximum absolute atomic E-state index is 11.1. The number of pyridine rings is 1. The van der Waals surface area contributed by atoms with E-state index in [4.69, 9.17) is 0 Å². The van der Waals surface area contributed by atoms with Crippen molar-refractivity contribution < 1.29 is 9.53 Å². The number of ether oxygens (including phenoxy) is 1. The minimum absolute atomic E-state index is 0.224. The molecule has 18 heavy (non-hydrogen) atoms. The number of methoxy groups -OCH3 is 1. The van der Waals surface area contributed by atoms with Gasteiger partial charge in [0.1, 0.15) is 0 Å². The van der Waals surface area contributed by atoms with Crippen molar-refractivity contribution in [2.75, 3.05) is 12.9 Å². The summed E-state index contributed by atoms with van der Waals surface area (Å²) in [7, 11) is 1.39. The van der Waals surface area contributed by atoms with Gasteiger partial charge in [-0.3, -0.25) is 9.78 Å². The van der Waals surface area contributed by atoms with Gasteiger partial charge in [0, 0.05) is 16.7 Å². The predicted molar refractivity (Wildman–Crippen MR) is 72.4 cm³/mol. The molecule has 4 heteroatoms. The summed E-state index contributed by atoms with van der Waals surface area (Å²) >= 11 is 1.45. The summed E-state index contributed by atoms with van der Waals surface area (Å²) in [5.74, 6) is 0.0902. The number of hydrogen-bond acceptors (Lipinski definition) is 4. The number of carbonyl (C=O) groups is 1. The van der Waals surface area contributed by atoms with Crippen LogP contribution in [0, 0.1) is 0 Å². The maximum atomic E-state index is 11.1. The Bertz CT molecular complexity index is 528. The Morgan fingerprint density at radius 1 is 1.28 bits per heavy atom. The molecule has 0 radical (unpaired) electrons. The minimum atomic E-state index is -0.224. The van der Waals surface area contributed by atoms with Crippen LogP contribution in [0.1, 0.15) is 0 Å². The highest BCUT2D eigenvalue weighted by Gasteiger charge is 2.04. The van der Waals surface area contributed by atoms with Crippen LogP contribution in [0.4, 0.5) is 0 Å². The van der Waals surface area contributed by atoms with Crippen molar-refractivity contribution in [2.24, 2.45) is 0 Å². The average molecular weight is 259 g/mol. The number of benzene rings is 1. The Morgan fingerprint density at radius 2 is 2.06 bits per heavy atom. The third-order valence-corrected chi connectivity index (χ3v) is 3.35. The molecule has 1 heterocycles. The van der Waals surface area contributed by atoms with Crippen molar-refractivity contribution in [3.05, 3.63) is 48.7 Å². The lowest BCUT2D eigenvalue weighted by molar-refractivity contribution is -0.137. The molecule has 0 N–H and O–H groups in total. The zero-order valence-corrected chi connectivity index (χ0v) is 10.8. The number of rotatable bonds is 4. The summed E-state index contributed by atoms with van der Waals surface area (Å²) in [5.41, 5.74) is 1.98. The van der Waals surface area contributed by atoms with Gasteiger partial charge in [0.05, 0.1) is 18.6 Å². The van der Waals surface area contributed by atoms with Gasteiger partial charge in [-0.25, -0.2) is 0 Å². The SMILES string of the molecule is COC(=O)CSc1ccnc(-c2ccccc2)c1. The van der Waals surface area contributed by atoms with Crippen LogP contribution in [0.25, 0.3) is 11.3 Å². The predicted octanol–water partition coefficient (Wildman–Crippen LogP) is 3.01. The summed E-state index contributed by atoms with van der Waals surface area (Å²) in [5, 5.41) is 0. The number of thioether (sulfide) groups is 1. The second-order valence-electron chi connectivity index (χ2n) is 3.61. The largest absolute Gasteiger partial charge is 0.468 e. The Hall–Kier alpha value is -1.81. The quantitative estimate of drug-likeness (QED) is 0.625. The Balaban J connectivity index is 2.13. The van der Waals surface area contributed by atoms with Crippen LogP contribution in [0.3, 0.4) is 0 Å². The smallest absolute Gasteiger partial charge is 0.315 e. The van der Waals surface area contributed by atoms with E-state index in [2.05, 4.69) is 9.72 Å². The monoisotopic (exact) mass is 259 g/mol. The third-order valence-electron chi connectivity index (χ3n) is 2.39. The van der Waals surface area contributed by atoms with E-state index in [-0.39, 0.29) is 5.97 Å². The molecule has 0 aliphatic heterocycles. The van der Waals surface area contributed by atoms with Crippen molar-refractivity contribution in [1.82, 2.24) is 4.98 Å². The van der Waals surface area contributed by atoms with Gasteiger partial charge in [-0.15, -0.1) is 11.8 Å². The van der Waals surface area contributed by atoms with Gasteiger partial charge >= 0.3 is 5.97 Å². The first-order chi connectivity index (χ1) is 8.79. The van der Waals surface area contributed by atoms with E-state index in [0.717, 1.165) is 16.2 Å².